The second-order valence-corrected chi connectivity index (χ2v) is 3.87. The van der Waals surface area contributed by atoms with Crippen LogP contribution in [0.5, 0.6) is 0 Å². The summed E-state index contributed by atoms with van der Waals surface area (Å²) in [5.41, 5.74) is 1.22. The lowest BCUT2D eigenvalue weighted by molar-refractivity contribution is -0.0358. The smallest absolute Gasteiger partial charge is 0.129 e. The summed E-state index contributed by atoms with van der Waals surface area (Å²) in [6, 6.07) is 4.82. The molecule has 2 nitrogen and oxygen atoms in total. The minimum absolute atomic E-state index is 0.199. The largest absolute Gasteiger partial charge is 0.386 e. The average molecular weight is 210 g/mol. The maximum Gasteiger partial charge on any atom is 0.129 e. The van der Waals surface area contributed by atoms with Gasteiger partial charge in [-0.05, 0) is 18.1 Å². The van der Waals surface area contributed by atoms with E-state index in [2.05, 4.69) is 0 Å². The van der Waals surface area contributed by atoms with Gasteiger partial charge in [0, 0.05) is 5.56 Å². The molecule has 0 saturated carbocycles. The molecular weight excluding hydrogens is 195 g/mol. The molecule has 0 radical (unpaired) electrons. The number of benzene rings is 1. The Morgan fingerprint density at radius 1 is 1.53 bits per heavy atom. The first-order valence-electron chi connectivity index (χ1n) is 5.32. The lowest BCUT2D eigenvalue weighted by atomic mass is 9.93. The molecule has 3 heteroatoms. The van der Waals surface area contributed by atoms with Gasteiger partial charge >= 0.3 is 0 Å². The number of aliphatic hydroxyl groups is 1. The van der Waals surface area contributed by atoms with Gasteiger partial charge in [-0.1, -0.05) is 25.5 Å². The van der Waals surface area contributed by atoms with Crippen LogP contribution in [0.4, 0.5) is 4.39 Å². The summed E-state index contributed by atoms with van der Waals surface area (Å²) in [4.78, 5) is 0. The van der Waals surface area contributed by atoms with E-state index in [-0.39, 0.29) is 18.5 Å². The molecular formula is C12H15FO2. The second kappa shape index (κ2) is 4.29. The fourth-order valence-corrected chi connectivity index (χ4v) is 2.05. The average Bonchev–Trinajstić information content (AvgIpc) is 2.23. The third-order valence-electron chi connectivity index (χ3n) is 2.77. The standard InChI is InChI=1S/C12H15FO2/c1-2-4-11-12-8(10(14)7-15-11)5-3-6-9(12)13/h3,5-6,10-11,14H,2,4,7H2,1H3/t10-,11+/m0/s1. The highest BCUT2D eigenvalue weighted by Gasteiger charge is 2.28. The molecule has 0 amide bonds. The summed E-state index contributed by atoms with van der Waals surface area (Å²) in [7, 11) is 0. The van der Waals surface area contributed by atoms with Crippen molar-refractivity contribution >= 4 is 0 Å². The van der Waals surface area contributed by atoms with E-state index in [0.29, 0.717) is 11.1 Å². The summed E-state index contributed by atoms with van der Waals surface area (Å²) < 4.78 is 19.1. The summed E-state index contributed by atoms with van der Waals surface area (Å²) in [5, 5.41) is 9.68. The predicted molar refractivity (Wildman–Crippen MR) is 55.0 cm³/mol. The minimum Gasteiger partial charge on any atom is -0.386 e. The zero-order valence-electron chi connectivity index (χ0n) is 8.74. The zero-order valence-corrected chi connectivity index (χ0v) is 8.74. The Kier molecular flexibility index (Phi) is 3.03. The Bertz CT molecular complexity index is 351. The Morgan fingerprint density at radius 3 is 3.07 bits per heavy atom. The van der Waals surface area contributed by atoms with Crippen LogP contribution < -0.4 is 0 Å². The van der Waals surface area contributed by atoms with E-state index in [1.165, 1.54) is 6.07 Å². The van der Waals surface area contributed by atoms with Crippen LogP contribution in [-0.4, -0.2) is 11.7 Å². The normalized spacial score (nSPS) is 25.0. The van der Waals surface area contributed by atoms with E-state index >= 15 is 0 Å². The van der Waals surface area contributed by atoms with Gasteiger partial charge in [-0.25, -0.2) is 4.39 Å². The molecule has 0 fully saturated rings. The number of hydrogen-bond donors (Lipinski definition) is 1. The van der Waals surface area contributed by atoms with Crippen LogP contribution in [0.15, 0.2) is 18.2 Å². The molecule has 0 bridgehead atoms. The number of rotatable bonds is 2. The molecule has 1 heterocycles. The highest BCUT2D eigenvalue weighted by molar-refractivity contribution is 5.34. The van der Waals surface area contributed by atoms with Crippen LogP contribution >= 0.6 is 0 Å². The molecule has 1 aromatic rings. The van der Waals surface area contributed by atoms with Crippen molar-refractivity contribution in [1.29, 1.82) is 0 Å². The first-order chi connectivity index (χ1) is 7.24. The summed E-state index contributed by atoms with van der Waals surface area (Å²) in [5.74, 6) is -0.273. The molecule has 0 saturated heterocycles. The number of halogens is 1. The van der Waals surface area contributed by atoms with E-state index in [9.17, 15) is 9.50 Å². The Morgan fingerprint density at radius 2 is 2.33 bits per heavy atom. The third kappa shape index (κ3) is 1.90. The first kappa shape index (κ1) is 10.6. The van der Waals surface area contributed by atoms with Crippen LogP contribution in [0.25, 0.3) is 0 Å². The second-order valence-electron chi connectivity index (χ2n) is 3.87. The van der Waals surface area contributed by atoms with Gasteiger partial charge in [0.1, 0.15) is 11.9 Å². The molecule has 1 aromatic carbocycles. The van der Waals surface area contributed by atoms with Crippen LogP contribution in [0.3, 0.4) is 0 Å². The fourth-order valence-electron chi connectivity index (χ4n) is 2.05. The quantitative estimate of drug-likeness (QED) is 0.813. The lowest BCUT2D eigenvalue weighted by Gasteiger charge is -2.29. The molecule has 15 heavy (non-hydrogen) atoms. The molecule has 0 aromatic heterocycles. The van der Waals surface area contributed by atoms with Gasteiger partial charge in [0.05, 0.1) is 12.7 Å². The SMILES string of the molecule is CCC[C@H]1OC[C@H](O)c2cccc(F)c21. The summed E-state index contributed by atoms with van der Waals surface area (Å²) >= 11 is 0. The van der Waals surface area contributed by atoms with Crippen molar-refractivity contribution in [3.8, 4) is 0 Å². The van der Waals surface area contributed by atoms with Gasteiger partial charge in [-0.2, -0.15) is 0 Å². The lowest BCUT2D eigenvalue weighted by Crippen LogP contribution is -2.22. The van der Waals surface area contributed by atoms with Gasteiger partial charge in [-0.3, -0.25) is 0 Å². The van der Waals surface area contributed by atoms with E-state index in [1.807, 2.05) is 6.92 Å². The van der Waals surface area contributed by atoms with Crippen molar-refractivity contribution in [2.24, 2.45) is 0 Å². The van der Waals surface area contributed by atoms with Gasteiger partial charge in [0.25, 0.3) is 0 Å². The summed E-state index contributed by atoms with van der Waals surface area (Å²) in [6.07, 6.45) is 0.841. The Labute approximate surface area is 88.7 Å². The van der Waals surface area contributed by atoms with Crippen LogP contribution in [0, 0.1) is 5.82 Å². The van der Waals surface area contributed by atoms with Crippen molar-refractivity contribution in [1.82, 2.24) is 0 Å². The van der Waals surface area contributed by atoms with E-state index < -0.39 is 6.10 Å². The highest BCUT2D eigenvalue weighted by Crippen LogP contribution is 2.36. The number of aliphatic hydroxyl groups excluding tert-OH is 1. The molecule has 0 aliphatic carbocycles. The van der Waals surface area contributed by atoms with Gasteiger partial charge in [0.15, 0.2) is 0 Å². The molecule has 2 rings (SSSR count). The maximum atomic E-state index is 13.6. The highest BCUT2D eigenvalue weighted by atomic mass is 19.1. The molecule has 1 N–H and O–H groups in total. The minimum atomic E-state index is -0.691. The number of ether oxygens (including phenoxy) is 1. The Balaban J connectivity index is 2.42. The molecule has 1 aliphatic rings. The van der Waals surface area contributed by atoms with Crippen molar-refractivity contribution in [3.63, 3.8) is 0 Å². The van der Waals surface area contributed by atoms with Crippen molar-refractivity contribution in [2.75, 3.05) is 6.61 Å². The molecule has 2 atom stereocenters. The van der Waals surface area contributed by atoms with Gasteiger partial charge in [-0.15, -0.1) is 0 Å². The topological polar surface area (TPSA) is 29.5 Å². The monoisotopic (exact) mass is 210 g/mol. The maximum absolute atomic E-state index is 13.6. The molecule has 82 valence electrons. The van der Waals surface area contributed by atoms with Crippen LogP contribution in [-0.2, 0) is 4.74 Å². The van der Waals surface area contributed by atoms with Gasteiger partial charge < -0.3 is 9.84 Å². The number of fused-ring (bicyclic) bond motifs is 1. The van der Waals surface area contributed by atoms with Crippen molar-refractivity contribution in [3.05, 3.63) is 35.1 Å². The third-order valence-corrected chi connectivity index (χ3v) is 2.77. The Hall–Kier alpha value is -0.930. The first-order valence-corrected chi connectivity index (χ1v) is 5.32. The van der Waals surface area contributed by atoms with Gasteiger partial charge in [0.2, 0.25) is 0 Å². The van der Waals surface area contributed by atoms with Crippen molar-refractivity contribution in [2.45, 2.75) is 32.0 Å². The van der Waals surface area contributed by atoms with Crippen LogP contribution in [0.2, 0.25) is 0 Å². The molecule has 0 spiro atoms. The van der Waals surface area contributed by atoms with Crippen LogP contribution in [0.1, 0.15) is 43.1 Å². The molecule has 0 unspecified atom stereocenters. The number of hydrogen-bond acceptors (Lipinski definition) is 2. The van der Waals surface area contributed by atoms with E-state index in [4.69, 9.17) is 4.74 Å². The molecule has 1 aliphatic heterocycles. The summed E-state index contributed by atoms with van der Waals surface area (Å²) in [6.45, 7) is 2.30. The fraction of sp³-hybridized carbons (Fsp3) is 0.500. The van der Waals surface area contributed by atoms with E-state index in [0.717, 1.165) is 12.8 Å². The van der Waals surface area contributed by atoms with Crippen molar-refractivity contribution < 1.29 is 14.2 Å². The predicted octanol–water partition coefficient (Wildman–Crippen LogP) is 2.73. The van der Waals surface area contributed by atoms with E-state index in [1.54, 1.807) is 12.1 Å². The zero-order chi connectivity index (χ0) is 10.8.